The molecule has 1 fully saturated rings. The molecule has 1 saturated heterocycles. The number of anilines is 1. The van der Waals surface area contributed by atoms with Gasteiger partial charge in [-0.2, -0.15) is 0 Å². The van der Waals surface area contributed by atoms with Gasteiger partial charge in [-0.05, 0) is 38.0 Å². The summed E-state index contributed by atoms with van der Waals surface area (Å²) in [6, 6.07) is 10.3. The Labute approximate surface area is 134 Å². The van der Waals surface area contributed by atoms with Gasteiger partial charge in [0, 0.05) is 30.5 Å². The molecule has 1 aliphatic rings. The van der Waals surface area contributed by atoms with Crippen LogP contribution in [-0.2, 0) is 6.61 Å². The van der Waals surface area contributed by atoms with E-state index in [0.29, 0.717) is 12.4 Å². The zero-order valence-electron chi connectivity index (χ0n) is 13.1. The quantitative estimate of drug-likeness (QED) is 0.624. The lowest BCUT2D eigenvalue weighted by molar-refractivity contribution is -0.384. The molecular weight excluding hydrogens is 294 g/mol. The lowest BCUT2D eigenvalue weighted by Gasteiger charge is -2.19. The van der Waals surface area contributed by atoms with Crippen LogP contribution in [0.4, 0.5) is 11.4 Å². The fourth-order valence-corrected chi connectivity index (χ4v) is 2.79. The summed E-state index contributed by atoms with van der Waals surface area (Å²) < 4.78 is 5.67. The maximum absolute atomic E-state index is 10.8. The van der Waals surface area contributed by atoms with Gasteiger partial charge in [-0.3, -0.25) is 15.1 Å². The number of rotatable bonds is 5. The normalized spacial score (nSPS) is 14.0. The topological polar surface area (TPSA) is 68.5 Å². The molecule has 0 saturated carbocycles. The van der Waals surface area contributed by atoms with Crippen LogP contribution < -0.4 is 9.64 Å². The van der Waals surface area contributed by atoms with E-state index in [2.05, 4.69) is 16.0 Å². The number of pyridine rings is 1. The third kappa shape index (κ3) is 3.77. The SMILES string of the molecule is Cc1cc(N2CCCC2)cc(COc2cccc([N+](=O)[O-])c2)n1. The Morgan fingerprint density at radius 2 is 2.04 bits per heavy atom. The van der Waals surface area contributed by atoms with Crippen LogP contribution in [0.15, 0.2) is 36.4 Å². The van der Waals surface area contributed by atoms with Gasteiger partial charge in [-0.15, -0.1) is 0 Å². The van der Waals surface area contributed by atoms with E-state index in [-0.39, 0.29) is 5.69 Å². The summed E-state index contributed by atoms with van der Waals surface area (Å²) in [6.07, 6.45) is 2.45. The minimum atomic E-state index is -0.427. The van der Waals surface area contributed by atoms with Crippen molar-refractivity contribution < 1.29 is 9.66 Å². The monoisotopic (exact) mass is 313 g/mol. The van der Waals surface area contributed by atoms with Crippen LogP contribution in [0.25, 0.3) is 0 Å². The number of aryl methyl sites for hydroxylation is 1. The van der Waals surface area contributed by atoms with E-state index in [0.717, 1.165) is 24.5 Å². The highest BCUT2D eigenvalue weighted by atomic mass is 16.6. The Kier molecular flexibility index (Phi) is 4.41. The summed E-state index contributed by atoms with van der Waals surface area (Å²) in [6.45, 7) is 4.42. The maximum Gasteiger partial charge on any atom is 0.273 e. The van der Waals surface area contributed by atoms with E-state index in [1.54, 1.807) is 12.1 Å². The number of nitrogens with zero attached hydrogens (tertiary/aromatic N) is 3. The van der Waals surface area contributed by atoms with Crippen LogP contribution in [0.5, 0.6) is 5.75 Å². The van der Waals surface area contributed by atoms with E-state index in [4.69, 9.17) is 4.74 Å². The average Bonchev–Trinajstić information content (AvgIpc) is 3.07. The van der Waals surface area contributed by atoms with Crippen molar-refractivity contribution in [2.45, 2.75) is 26.4 Å². The van der Waals surface area contributed by atoms with Gasteiger partial charge in [0.25, 0.3) is 5.69 Å². The first kappa shape index (κ1) is 15.3. The lowest BCUT2D eigenvalue weighted by Crippen LogP contribution is -2.18. The Bertz CT molecular complexity index is 712. The molecule has 2 aromatic rings. The van der Waals surface area contributed by atoms with Crippen LogP contribution >= 0.6 is 0 Å². The van der Waals surface area contributed by atoms with Gasteiger partial charge < -0.3 is 9.64 Å². The number of nitro benzene ring substituents is 1. The van der Waals surface area contributed by atoms with E-state index in [9.17, 15) is 10.1 Å². The van der Waals surface area contributed by atoms with Crippen LogP contribution in [0.1, 0.15) is 24.2 Å². The molecule has 3 rings (SSSR count). The molecule has 1 aliphatic heterocycles. The Morgan fingerprint density at radius 3 is 2.78 bits per heavy atom. The molecule has 0 spiro atoms. The number of ether oxygens (including phenoxy) is 1. The van der Waals surface area contributed by atoms with E-state index in [1.165, 1.54) is 30.7 Å². The predicted octanol–water partition coefficient (Wildman–Crippen LogP) is 3.48. The molecule has 0 unspecified atom stereocenters. The van der Waals surface area contributed by atoms with Crippen molar-refractivity contribution in [1.82, 2.24) is 4.98 Å². The van der Waals surface area contributed by atoms with Crippen molar-refractivity contribution in [3.8, 4) is 5.75 Å². The molecule has 1 aromatic carbocycles. The summed E-state index contributed by atoms with van der Waals surface area (Å²) in [4.78, 5) is 17.2. The summed E-state index contributed by atoms with van der Waals surface area (Å²) in [5, 5.41) is 10.8. The number of benzene rings is 1. The second-order valence-corrected chi connectivity index (χ2v) is 5.70. The third-order valence-corrected chi connectivity index (χ3v) is 3.88. The lowest BCUT2D eigenvalue weighted by atomic mass is 10.2. The first-order valence-electron chi connectivity index (χ1n) is 7.71. The zero-order chi connectivity index (χ0) is 16.2. The van der Waals surface area contributed by atoms with Gasteiger partial charge in [0.05, 0.1) is 16.7 Å². The number of hydrogen-bond donors (Lipinski definition) is 0. The maximum atomic E-state index is 10.8. The van der Waals surface area contributed by atoms with E-state index < -0.39 is 4.92 Å². The van der Waals surface area contributed by atoms with Gasteiger partial charge in [0.1, 0.15) is 12.4 Å². The largest absolute Gasteiger partial charge is 0.487 e. The Hall–Kier alpha value is -2.63. The predicted molar refractivity (Wildman–Crippen MR) is 87.8 cm³/mol. The van der Waals surface area contributed by atoms with Crippen molar-refractivity contribution in [2.24, 2.45) is 0 Å². The minimum absolute atomic E-state index is 0.0254. The fourth-order valence-electron chi connectivity index (χ4n) is 2.79. The molecule has 0 radical (unpaired) electrons. The van der Waals surface area contributed by atoms with Gasteiger partial charge >= 0.3 is 0 Å². The number of nitro groups is 1. The first-order chi connectivity index (χ1) is 11.1. The van der Waals surface area contributed by atoms with Gasteiger partial charge in [0.2, 0.25) is 0 Å². The van der Waals surface area contributed by atoms with Gasteiger partial charge in [-0.25, -0.2) is 0 Å². The van der Waals surface area contributed by atoms with Crippen molar-refractivity contribution in [3.05, 3.63) is 57.9 Å². The summed E-state index contributed by atoms with van der Waals surface area (Å²) >= 11 is 0. The van der Waals surface area contributed by atoms with Crippen molar-refractivity contribution in [3.63, 3.8) is 0 Å². The van der Waals surface area contributed by atoms with E-state index >= 15 is 0 Å². The first-order valence-corrected chi connectivity index (χ1v) is 7.71. The zero-order valence-corrected chi connectivity index (χ0v) is 13.1. The van der Waals surface area contributed by atoms with E-state index in [1.807, 2.05) is 13.0 Å². The summed E-state index contributed by atoms with van der Waals surface area (Å²) in [5.41, 5.74) is 2.98. The van der Waals surface area contributed by atoms with Crippen molar-refractivity contribution >= 4 is 11.4 Å². The van der Waals surface area contributed by atoms with Gasteiger partial charge in [-0.1, -0.05) is 6.07 Å². The molecule has 2 heterocycles. The van der Waals surface area contributed by atoms with Crippen molar-refractivity contribution in [1.29, 1.82) is 0 Å². The molecule has 120 valence electrons. The molecule has 1 aromatic heterocycles. The average molecular weight is 313 g/mol. The fraction of sp³-hybridized carbons (Fsp3) is 0.353. The van der Waals surface area contributed by atoms with Crippen LogP contribution in [0.3, 0.4) is 0 Å². The number of non-ortho nitro benzene ring substituents is 1. The highest BCUT2D eigenvalue weighted by molar-refractivity contribution is 5.49. The second kappa shape index (κ2) is 6.64. The second-order valence-electron chi connectivity index (χ2n) is 5.70. The molecule has 0 aliphatic carbocycles. The van der Waals surface area contributed by atoms with Gasteiger partial charge in [0.15, 0.2) is 0 Å². The molecule has 0 amide bonds. The van der Waals surface area contributed by atoms with Crippen molar-refractivity contribution in [2.75, 3.05) is 18.0 Å². The highest BCUT2D eigenvalue weighted by Gasteiger charge is 2.14. The number of hydrogen-bond acceptors (Lipinski definition) is 5. The Balaban J connectivity index is 1.72. The van der Waals surface area contributed by atoms with Crippen LogP contribution in [0, 0.1) is 17.0 Å². The Morgan fingerprint density at radius 1 is 1.26 bits per heavy atom. The smallest absolute Gasteiger partial charge is 0.273 e. The number of aromatic nitrogens is 1. The standard InChI is InChI=1S/C17H19N3O3/c1-13-9-16(19-7-2-3-8-19)10-14(18-13)12-23-17-6-4-5-15(11-17)20(21)22/h4-6,9-11H,2-3,7-8,12H2,1H3. The highest BCUT2D eigenvalue weighted by Crippen LogP contribution is 2.23. The molecule has 6 heteroatoms. The summed E-state index contributed by atoms with van der Waals surface area (Å²) in [7, 11) is 0. The molecule has 0 N–H and O–H groups in total. The molecule has 0 atom stereocenters. The molecule has 6 nitrogen and oxygen atoms in total. The van der Waals surface area contributed by atoms with Crippen LogP contribution in [-0.4, -0.2) is 23.0 Å². The minimum Gasteiger partial charge on any atom is -0.487 e. The molecular formula is C17H19N3O3. The third-order valence-electron chi connectivity index (χ3n) is 3.88. The summed E-state index contributed by atoms with van der Waals surface area (Å²) in [5.74, 6) is 0.477. The van der Waals surface area contributed by atoms with Crippen LogP contribution in [0.2, 0.25) is 0 Å². The molecule has 23 heavy (non-hydrogen) atoms. The molecule has 0 bridgehead atoms.